The van der Waals surface area contributed by atoms with E-state index in [4.69, 9.17) is 18.5 Å². The van der Waals surface area contributed by atoms with Gasteiger partial charge in [-0.05, 0) is 38.5 Å². The standard InChI is InChI=1S/C44H83O13P/c1-3-5-7-9-11-13-15-17-18-19-21-22-24-26-28-30-32-37(45)54-34-36(35-55-58(52,53)57-44-42(50)40(48)39(47)41(49)43(44)51)56-38(46)33-31-29-27-25-23-20-16-14-12-10-8-6-4-2/h20,23,36,39-44,47-51H,3-19,21-22,24-35H2,1-2H3,(H,52,53)/b23-20+/t36-,39?,40-,41?,42?,43?,44?/m0/s1. The Labute approximate surface area is 350 Å². The van der Waals surface area contributed by atoms with Crippen LogP contribution in [-0.2, 0) is 32.7 Å². The van der Waals surface area contributed by atoms with E-state index in [0.29, 0.717) is 12.8 Å². The van der Waals surface area contributed by atoms with Crippen molar-refractivity contribution < 1.29 is 63.1 Å². The molecule has 1 rings (SSSR count). The van der Waals surface area contributed by atoms with Gasteiger partial charge in [0.1, 0.15) is 43.2 Å². The van der Waals surface area contributed by atoms with Crippen LogP contribution in [0.4, 0.5) is 0 Å². The number of hydrogen-bond acceptors (Lipinski definition) is 12. The Morgan fingerprint density at radius 1 is 0.517 bits per heavy atom. The summed E-state index contributed by atoms with van der Waals surface area (Å²) in [6, 6.07) is 0. The maximum Gasteiger partial charge on any atom is 0.472 e. The molecule has 14 heteroatoms. The molecule has 58 heavy (non-hydrogen) atoms. The zero-order chi connectivity index (χ0) is 42.9. The number of rotatable bonds is 38. The minimum Gasteiger partial charge on any atom is -0.462 e. The van der Waals surface area contributed by atoms with Crippen LogP contribution >= 0.6 is 7.82 Å². The predicted octanol–water partition coefficient (Wildman–Crippen LogP) is 8.67. The van der Waals surface area contributed by atoms with Gasteiger partial charge in [-0.15, -0.1) is 0 Å². The van der Waals surface area contributed by atoms with Crippen molar-refractivity contribution >= 4 is 19.8 Å². The van der Waals surface area contributed by atoms with Gasteiger partial charge in [-0.1, -0.05) is 161 Å². The molecule has 0 amide bonds. The van der Waals surface area contributed by atoms with Gasteiger partial charge in [-0.3, -0.25) is 18.6 Å². The smallest absolute Gasteiger partial charge is 0.462 e. The molecule has 6 unspecified atom stereocenters. The van der Waals surface area contributed by atoms with Gasteiger partial charge in [0.2, 0.25) is 0 Å². The highest BCUT2D eigenvalue weighted by Gasteiger charge is 2.51. The lowest BCUT2D eigenvalue weighted by Crippen LogP contribution is -2.64. The van der Waals surface area contributed by atoms with E-state index in [0.717, 1.165) is 44.9 Å². The molecule has 0 aliphatic heterocycles. The molecule has 0 heterocycles. The van der Waals surface area contributed by atoms with Gasteiger partial charge in [-0.25, -0.2) is 4.57 Å². The number of carbonyl (C=O) groups is 2. The molecule has 0 spiro atoms. The maximum atomic E-state index is 12.8. The Balaban J connectivity index is 2.46. The molecule has 13 nitrogen and oxygen atoms in total. The number of esters is 2. The van der Waals surface area contributed by atoms with Crippen LogP contribution in [0.5, 0.6) is 0 Å². The SMILES string of the molecule is CCCCCCCC/C=C/CCCCCC(=O)O[C@@H](COC(=O)CCCCCCCCCCCCCCCCCC)COP(=O)(O)OC1C(O)C(O)C(O)[C@H](O)C1O. The molecular weight excluding hydrogens is 767 g/mol. The van der Waals surface area contributed by atoms with Gasteiger partial charge >= 0.3 is 19.8 Å². The van der Waals surface area contributed by atoms with Crippen LogP contribution in [0.2, 0.25) is 0 Å². The molecule has 1 aliphatic carbocycles. The summed E-state index contributed by atoms with van der Waals surface area (Å²) in [6.45, 7) is 3.29. The summed E-state index contributed by atoms with van der Waals surface area (Å²) in [4.78, 5) is 35.6. The molecule has 8 atom stereocenters. The van der Waals surface area contributed by atoms with Gasteiger partial charge in [0.05, 0.1) is 6.61 Å². The Hall–Kier alpha value is -1.41. The monoisotopic (exact) mass is 851 g/mol. The third kappa shape index (κ3) is 27.4. The number of carbonyl (C=O) groups excluding carboxylic acids is 2. The lowest BCUT2D eigenvalue weighted by molar-refractivity contribution is -0.220. The molecule has 0 bridgehead atoms. The van der Waals surface area contributed by atoms with Crippen molar-refractivity contribution in [2.24, 2.45) is 0 Å². The maximum absolute atomic E-state index is 12.8. The third-order valence-electron chi connectivity index (χ3n) is 10.9. The van der Waals surface area contributed by atoms with Crippen LogP contribution in [0.1, 0.15) is 200 Å². The predicted molar refractivity (Wildman–Crippen MR) is 226 cm³/mol. The Bertz CT molecular complexity index is 1080. The van der Waals surface area contributed by atoms with Gasteiger partial charge in [-0.2, -0.15) is 0 Å². The molecule has 0 aromatic carbocycles. The van der Waals surface area contributed by atoms with Gasteiger partial charge in [0.25, 0.3) is 0 Å². The average Bonchev–Trinajstić information content (AvgIpc) is 3.20. The summed E-state index contributed by atoms with van der Waals surface area (Å²) in [5.74, 6) is -1.11. The number of phosphoric ester groups is 1. The van der Waals surface area contributed by atoms with E-state index in [9.17, 15) is 44.6 Å². The van der Waals surface area contributed by atoms with E-state index >= 15 is 0 Å². The molecular formula is C44H83O13P. The van der Waals surface area contributed by atoms with Crippen LogP contribution in [0.15, 0.2) is 12.2 Å². The molecule has 0 aromatic rings. The molecule has 1 fully saturated rings. The highest BCUT2D eigenvalue weighted by atomic mass is 31.2. The highest BCUT2D eigenvalue weighted by Crippen LogP contribution is 2.47. The normalized spacial score (nSPS) is 22.6. The van der Waals surface area contributed by atoms with Crippen LogP contribution in [0, 0.1) is 0 Å². The van der Waals surface area contributed by atoms with Crippen molar-refractivity contribution in [1.82, 2.24) is 0 Å². The molecule has 6 N–H and O–H groups in total. The molecule has 1 saturated carbocycles. The van der Waals surface area contributed by atoms with Crippen LogP contribution < -0.4 is 0 Å². The van der Waals surface area contributed by atoms with E-state index in [1.165, 1.54) is 116 Å². The second kappa shape index (κ2) is 35.2. The van der Waals surface area contributed by atoms with Crippen molar-refractivity contribution in [1.29, 1.82) is 0 Å². The summed E-state index contributed by atoms with van der Waals surface area (Å²) in [7, 11) is -5.11. The number of allylic oxidation sites excluding steroid dienone is 2. The van der Waals surface area contributed by atoms with E-state index in [-0.39, 0.29) is 12.8 Å². The van der Waals surface area contributed by atoms with E-state index in [2.05, 4.69) is 26.0 Å². The highest BCUT2D eigenvalue weighted by molar-refractivity contribution is 7.47. The fourth-order valence-corrected chi connectivity index (χ4v) is 8.08. The van der Waals surface area contributed by atoms with Crippen molar-refractivity contribution in [3.63, 3.8) is 0 Å². The minimum atomic E-state index is -5.11. The summed E-state index contributed by atoms with van der Waals surface area (Å²) < 4.78 is 33.5. The molecule has 0 saturated heterocycles. The fraction of sp³-hybridized carbons (Fsp3) is 0.909. The second-order valence-electron chi connectivity index (χ2n) is 16.3. The number of aliphatic hydroxyl groups is 5. The lowest BCUT2D eigenvalue weighted by atomic mass is 9.85. The number of unbranched alkanes of at least 4 members (excludes halogenated alkanes) is 24. The largest absolute Gasteiger partial charge is 0.472 e. The zero-order valence-electron chi connectivity index (χ0n) is 36.1. The summed E-state index contributed by atoms with van der Waals surface area (Å²) in [5.41, 5.74) is 0. The van der Waals surface area contributed by atoms with Crippen molar-refractivity contribution in [3.05, 3.63) is 12.2 Å². The molecule has 1 aliphatic rings. The Morgan fingerprint density at radius 3 is 1.33 bits per heavy atom. The van der Waals surface area contributed by atoms with Crippen LogP contribution in [0.3, 0.4) is 0 Å². The minimum absolute atomic E-state index is 0.0803. The molecule has 342 valence electrons. The third-order valence-corrected chi connectivity index (χ3v) is 11.8. The summed E-state index contributed by atoms with van der Waals surface area (Å²) in [5, 5.41) is 50.1. The number of phosphoric acid groups is 1. The van der Waals surface area contributed by atoms with E-state index in [1.807, 2.05) is 0 Å². The van der Waals surface area contributed by atoms with Crippen molar-refractivity contribution in [3.8, 4) is 0 Å². The van der Waals surface area contributed by atoms with Gasteiger partial charge in [0, 0.05) is 12.8 Å². The Kier molecular flexibility index (Phi) is 33.2. The lowest BCUT2D eigenvalue weighted by Gasteiger charge is -2.41. The molecule has 0 aromatic heterocycles. The van der Waals surface area contributed by atoms with E-state index in [1.54, 1.807) is 0 Å². The Morgan fingerprint density at radius 2 is 0.879 bits per heavy atom. The first-order valence-corrected chi connectivity index (χ1v) is 24.5. The fourth-order valence-electron chi connectivity index (χ4n) is 7.11. The average molecular weight is 851 g/mol. The molecule has 0 radical (unpaired) electrons. The van der Waals surface area contributed by atoms with Crippen molar-refractivity contribution in [2.75, 3.05) is 13.2 Å². The zero-order valence-corrected chi connectivity index (χ0v) is 37.0. The number of aliphatic hydroxyl groups excluding tert-OH is 5. The van der Waals surface area contributed by atoms with Crippen LogP contribution in [0.25, 0.3) is 0 Å². The summed E-state index contributed by atoms with van der Waals surface area (Å²) >= 11 is 0. The first-order valence-electron chi connectivity index (χ1n) is 23.0. The van der Waals surface area contributed by atoms with Gasteiger partial charge < -0.3 is 39.9 Å². The van der Waals surface area contributed by atoms with Crippen LogP contribution in [-0.4, -0.2) is 98.3 Å². The number of ether oxygens (including phenoxy) is 2. The quantitative estimate of drug-likeness (QED) is 0.0149. The number of hydrogen-bond donors (Lipinski definition) is 6. The first-order chi connectivity index (χ1) is 27.9. The topological polar surface area (TPSA) is 210 Å². The summed E-state index contributed by atoms with van der Waals surface area (Å²) in [6.07, 6.45) is 22.7. The van der Waals surface area contributed by atoms with E-state index < -0.39 is 75.7 Å². The van der Waals surface area contributed by atoms with Crippen molar-refractivity contribution in [2.45, 2.75) is 243 Å². The second-order valence-corrected chi connectivity index (χ2v) is 17.7. The first kappa shape index (κ1) is 54.6. The van der Waals surface area contributed by atoms with Gasteiger partial charge in [0.15, 0.2) is 6.10 Å².